The average Bonchev–Trinajstić information content (AvgIpc) is 2.70. The van der Waals surface area contributed by atoms with Crippen molar-refractivity contribution >= 4 is 43.2 Å². The van der Waals surface area contributed by atoms with Gasteiger partial charge in [0.1, 0.15) is 0 Å². The van der Waals surface area contributed by atoms with E-state index >= 15 is 0 Å². The van der Waals surface area contributed by atoms with Gasteiger partial charge in [-0.3, -0.25) is 0 Å². The molecule has 1 aromatic carbocycles. The molecule has 0 aliphatic carbocycles. The quantitative estimate of drug-likeness (QED) is 0.735. The molecule has 1 atom stereocenters. The Morgan fingerprint density at radius 1 is 1.21 bits per heavy atom. The van der Waals surface area contributed by atoms with E-state index in [1.165, 1.54) is 11.3 Å². The second-order valence-electron chi connectivity index (χ2n) is 4.09. The van der Waals surface area contributed by atoms with Crippen molar-refractivity contribution in [3.8, 4) is 0 Å². The molecule has 0 saturated carbocycles. The topological polar surface area (TPSA) is 12.0 Å². The van der Waals surface area contributed by atoms with Crippen molar-refractivity contribution in [1.29, 1.82) is 0 Å². The number of benzene rings is 1. The summed E-state index contributed by atoms with van der Waals surface area (Å²) >= 11 is 8.28. The third-order valence-corrected chi connectivity index (χ3v) is 6.17. The fraction of sp³-hybridized carbons (Fsp3) is 0.231. The predicted octanol–water partition coefficient (Wildman–Crippen LogP) is 5.17. The maximum atomic E-state index is 14.1. The molecule has 0 aliphatic rings. The normalized spacial score (nSPS) is 12.7. The summed E-state index contributed by atoms with van der Waals surface area (Å²) in [5.41, 5.74) is 0.622. The maximum Gasteiger partial charge on any atom is 0.164 e. The lowest BCUT2D eigenvalue weighted by atomic mass is 10.0. The summed E-state index contributed by atoms with van der Waals surface area (Å²) < 4.78 is 29.6. The number of thiophene rings is 1. The van der Waals surface area contributed by atoms with Crippen LogP contribution in [0.15, 0.2) is 26.5 Å². The van der Waals surface area contributed by atoms with Crippen molar-refractivity contribution in [3.63, 3.8) is 0 Å². The van der Waals surface area contributed by atoms with E-state index in [-0.39, 0.29) is 6.04 Å². The van der Waals surface area contributed by atoms with E-state index in [9.17, 15) is 8.78 Å². The van der Waals surface area contributed by atoms with Crippen molar-refractivity contribution in [2.45, 2.75) is 13.0 Å². The predicted molar refractivity (Wildman–Crippen MR) is 81.7 cm³/mol. The van der Waals surface area contributed by atoms with Gasteiger partial charge in [-0.1, -0.05) is 12.1 Å². The van der Waals surface area contributed by atoms with E-state index in [2.05, 4.69) is 37.2 Å². The highest BCUT2D eigenvalue weighted by Gasteiger charge is 2.22. The zero-order valence-electron chi connectivity index (χ0n) is 10.2. The summed E-state index contributed by atoms with van der Waals surface area (Å²) in [7, 11) is 1.73. The Morgan fingerprint density at radius 2 is 1.89 bits per heavy atom. The molecule has 1 nitrogen and oxygen atoms in total. The lowest BCUT2D eigenvalue weighted by Crippen LogP contribution is -2.18. The van der Waals surface area contributed by atoms with E-state index in [1.807, 2.05) is 6.07 Å². The summed E-state index contributed by atoms with van der Waals surface area (Å²) in [6.07, 6.45) is 0. The second kappa shape index (κ2) is 5.99. The maximum absolute atomic E-state index is 14.1. The van der Waals surface area contributed by atoms with E-state index in [1.54, 1.807) is 26.1 Å². The van der Waals surface area contributed by atoms with Gasteiger partial charge in [-0.25, -0.2) is 8.78 Å². The van der Waals surface area contributed by atoms with E-state index in [4.69, 9.17) is 0 Å². The van der Waals surface area contributed by atoms with Gasteiger partial charge < -0.3 is 5.32 Å². The molecule has 0 saturated heterocycles. The summed E-state index contributed by atoms with van der Waals surface area (Å²) in [4.78, 5) is 0.906. The number of hydrogen-bond acceptors (Lipinski definition) is 2. The van der Waals surface area contributed by atoms with Crippen molar-refractivity contribution in [2.75, 3.05) is 7.05 Å². The van der Waals surface area contributed by atoms with Gasteiger partial charge in [0, 0.05) is 14.9 Å². The monoisotopic (exact) mass is 409 g/mol. The molecule has 0 spiro atoms. The highest BCUT2D eigenvalue weighted by molar-refractivity contribution is 9.13. The molecule has 0 bridgehead atoms. The number of hydrogen-bond donors (Lipinski definition) is 1. The first kappa shape index (κ1) is 15.1. The van der Waals surface area contributed by atoms with Crippen LogP contribution in [0.5, 0.6) is 0 Å². The molecule has 102 valence electrons. The van der Waals surface area contributed by atoms with Crippen LogP contribution in [0.2, 0.25) is 0 Å². The Bertz CT molecular complexity index is 593. The lowest BCUT2D eigenvalue weighted by molar-refractivity contribution is 0.483. The Labute approximate surface area is 131 Å². The molecule has 2 aromatic rings. The second-order valence-corrected chi connectivity index (χ2v) is 7.35. The standard InChI is InChI=1S/C13H11Br2F2NS/c1-6-3-4-7(11(17)10(6)16)12(18-2)9-5-8(14)13(15)19-9/h3-5,12,18H,1-2H3. The zero-order valence-corrected chi connectivity index (χ0v) is 14.2. The van der Waals surface area contributed by atoms with Crippen LogP contribution < -0.4 is 5.32 Å². The molecule has 1 heterocycles. The van der Waals surface area contributed by atoms with E-state index in [0.29, 0.717) is 11.1 Å². The minimum Gasteiger partial charge on any atom is -0.309 e. The molecule has 1 N–H and O–H groups in total. The molecular weight excluding hydrogens is 400 g/mol. The third-order valence-electron chi connectivity index (χ3n) is 2.85. The summed E-state index contributed by atoms with van der Waals surface area (Å²) in [6.45, 7) is 1.55. The molecule has 1 unspecified atom stereocenters. The molecule has 0 aliphatic heterocycles. The van der Waals surface area contributed by atoms with Crippen molar-refractivity contribution in [2.24, 2.45) is 0 Å². The average molecular weight is 411 g/mol. The van der Waals surface area contributed by atoms with Gasteiger partial charge in [0.2, 0.25) is 0 Å². The van der Waals surface area contributed by atoms with Gasteiger partial charge in [0.25, 0.3) is 0 Å². The van der Waals surface area contributed by atoms with Gasteiger partial charge in [0.15, 0.2) is 11.6 Å². The minimum absolute atomic E-state index is 0.310. The van der Waals surface area contributed by atoms with Crippen LogP contribution in [0, 0.1) is 18.6 Å². The van der Waals surface area contributed by atoms with Gasteiger partial charge in [0.05, 0.1) is 9.83 Å². The van der Waals surface area contributed by atoms with E-state index in [0.717, 1.165) is 13.1 Å². The highest BCUT2D eigenvalue weighted by atomic mass is 79.9. The first-order valence-corrected chi connectivity index (χ1v) is 7.92. The third kappa shape index (κ3) is 2.91. The fourth-order valence-electron chi connectivity index (χ4n) is 1.84. The lowest BCUT2D eigenvalue weighted by Gasteiger charge is -2.16. The van der Waals surface area contributed by atoms with Crippen LogP contribution in [-0.2, 0) is 0 Å². The van der Waals surface area contributed by atoms with Crippen molar-refractivity contribution < 1.29 is 8.78 Å². The zero-order chi connectivity index (χ0) is 14.2. The van der Waals surface area contributed by atoms with Crippen LogP contribution in [0.4, 0.5) is 8.78 Å². The van der Waals surface area contributed by atoms with Gasteiger partial charge in [-0.15, -0.1) is 11.3 Å². The van der Waals surface area contributed by atoms with Crippen LogP contribution in [0.1, 0.15) is 22.0 Å². The SMILES string of the molecule is CNC(c1cc(Br)c(Br)s1)c1ccc(C)c(F)c1F. The molecule has 0 radical (unpaired) electrons. The Kier molecular flexibility index (Phi) is 4.76. The number of nitrogens with one attached hydrogen (secondary N) is 1. The molecule has 0 fully saturated rings. The molecular formula is C13H11Br2F2NS. The Balaban J connectivity index is 2.51. The van der Waals surface area contributed by atoms with E-state index < -0.39 is 11.6 Å². The number of aryl methyl sites for hydroxylation is 1. The van der Waals surface area contributed by atoms with Crippen LogP contribution in [-0.4, -0.2) is 7.05 Å². The summed E-state index contributed by atoms with van der Waals surface area (Å²) in [6, 6.07) is 4.74. The Hall–Kier alpha value is -0.300. The van der Waals surface area contributed by atoms with Gasteiger partial charge >= 0.3 is 0 Å². The van der Waals surface area contributed by atoms with Crippen LogP contribution >= 0.6 is 43.2 Å². The molecule has 2 rings (SSSR count). The molecule has 0 amide bonds. The highest BCUT2D eigenvalue weighted by Crippen LogP contribution is 2.38. The van der Waals surface area contributed by atoms with Crippen LogP contribution in [0.3, 0.4) is 0 Å². The first-order chi connectivity index (χ1) is 8.95. The number of halogens is 4. The van der Waals surface area contributed by atoms with Gasteiger partial charge in [-0.2, -0.15) is 0 Å². The largest absolute Gasteiger partial charge is 0.309 e. The Morgan fingerprint density at radius 3 is 2.42 bits per heavy atom. The number of rotatable bonds is 3. The summed E-state index contributed by atoms with van der Waals surface area (Å²) in [5, 5.41) is 3.02. The van der Waals surface area contributed by atoms with Gasteiger partial charge in [-0.05, 0) is 57.5 Å². The molecule has 19 heavy (non-hydrogen) atoms. The van der Waals surface area contributed by atoms with Crippen molar-refractivity contribution in [1.82, 2.24) is 5.32 Å². The molecule has 6 heteroatoms. The first-order valence-electron chi connectivity index (χ1n) is 5.52. The summed E-state index contributed by atoms with van der Waals surface area (Å²) in [5.74, 6) is -1.58. The van der Waals surface area contributed by atoms with Crippen LogP contribution in [0.25, 0.3) is 0 Å². The molecule has 1 aromatic heterocycles. The minimum atomic E-state index is -0.792. The smallest absolute Gasteiger partial charge is 0.164 e. The fourth-order valence-corrected chi connectivity index (χ4v) is 4.06. The van der Waals surface area contributed by atoms with Crippen molar-refractivity contribution in [3.05, 3.63) is 54.1 Å².